The van der Waals surface area contributed by atoms with Gasteiger partial charge in [-0.3, -0.25) is 9.97 Å². The van der Waals surface area contributed by atoms with E-state index < -0.39 is 0 Å². The fraction of sp³-hybridized carbons (Fsp3) is 0.474. The van der Waals surface area contributed by atoms with Crippen molar-refractivity contribution >= 4 is 0 Å². The molecule has 2 aromatic rings. The summed E-state index contributed by atoms with van der Waals surface area (Å²) < 4.78 is 0. The number of pyridine rings is 2. The Bertz CT molecular complexity index is 465. The molecule has 0 radical (unpaired) electrons. The second-order valence-electron chi connectivity index (χ2n) is 5.70. The number of hydrogen-bond acceptors (Lipinski definition) is 2. The van der Waals surface area contributed by atoms with E-state index in [0.29, 0.717) is 0 Å². The zero-order valence-corrected chi connectivity index (χ0v) is 13.3. The molecule has 0 saturated heterocycles. The van der Waals surface area contributed by atoms with Crippen LogP contribution >= 0.6 is 0 Å². The molecular weight excluding hydrogens is 256 g/mol. The van der Waals surface area contributed by atoms with Crippen molar-refractivity contribution in [2.45, 2.75) is 58.8 Å². The third-order valence-electron chi connectivity index (χ3n) is 3.77. The molecule has 2 heterocycles. The van der Waals surface area contributed by atoms with Crippen LogP contribution in [0, 0.1) is 0 Å². The van der Waals surface area contributed by atoms with Crippen LogP contribution in [-0.2, 0) is 19.3 Å². The molecule has 0 bridgehead atoms. The van der Waals surface area contributed by atoms with Crippen molar-refractivity contribution in [3.05, 3.63) is 59.2 Å². The van der Waals surface area contributed by atoms with Gasteiger partial charge < -0.3 is 0 Å². The third-order valence-corrected chi connectivity index (χ3v) is 3.77. The maximum Gasteiger partial charge on any atom is 0.0463 e. The summed E-state index contributed by atoms with van der Waals surface area (Å²) in [6, 6.07) is 8.68. The van der Waals surface area contributed by atoms with Gasteiger partial charge in [0.15, 0.2) is 0 Å². The van der Waals surface area contributed by atoms with Crippen LogP contribution in [0.5, 0.6) is 0 Å². The van der Waals surface area contributed by atoms with E-state index in [1.54, 1.807) is 0 Å². The van der Waals surface area contributed by atoms with E-state index in [4.69, 9.17) is 0 Å². The number of rotatable bonds is 8. The monoisotopic (exact) mass is 282 g/mol. The van der Waals surface area contributed by atoms with Crippen LogP contribution in [0.25, 0.3) is 0 Å². The van der Waals surface area contributed by atoms with Crippen molar-refractivity contribution in [1.82, 2.24) is 9.97 Å². The summed E-state index contributed by atoms with van der Waals surface area (Å²) in [7, 11) is 0. The number of nitrogens with zero attached hydrogens (tertiary/aromatic N) is 2. The Labute approximate surface area is 128 Å². The van der Waals surface area contributed by atoms with Crippen molar-refractivity contribution in [3.63, 3.8) is 0 Å². The van der Waals surface area contributed by atoms with Crippen molar-refractivity contribution in [3.8, 4) is 0 Å². The highest BCUT2D eigenvalue weighted by Crippen LogP contribution is 2.10. The first kappa shape index (κ1) is 15.7. The molecule has 0 N–H and O–H groups in total. The van der Waals surface area contributed by atoms with E-state index in [-0.39, 0.29) is 0 Å². The van der Waals surface area contributed by atoms with Crippen LogP contribution in [0.15, 0.2) is 36.7 Å². The predicted molar refractivity (Wildman–Crippen MR) is 88.5 cm³/mol. The summed E-state index contributed by atoms with van der Waals surface area (Å²) in [4.78, 5) is 9.12. The van der Waals surface area contributed by atoms with Crippen molar-refractivity contribution in [2.24, 2.45) is 0 Å². The van der Waals surface area contributed by atoms with Crippen molar-refractivity contribution < 1.29 is 0 Å². The van der Waals surface area contributed by atoms with Gasteiger partial charge in [-0.2, -0.15) is 0 Å². The van der Waals surface area contributed by atoms with Crippen LogP contribution in [0.1, 0.15) is 62.0 Å². The van der Waals surface area contributed by atoms with Gasteiger partial charge in [-0.1, -0.05) is 38.8 Å². The average molecular weight is 282 g/mol. The minimum absolute atomic E-state index is 0.822. The summed E-state index contributed by atoms with van der Waals surface area (Å²) >= 11 is 0. The summed E-state index contributed by atoms with van der Waals surface area (Å²) in [5, 5.41) is 0. The SMILES string of the molecule is CCCCc1ccc(Cc2ccc(CCCC)cn2)nc1. The minimum atomic E-state index is 0.822. The first-order chi connectivity index (χ1) is 10.3. The first-order valence-corrected chi connectivity index (χ1v) is 8.19. The molecule has 2 rings (SSSR count). The molecule has 2 nitrogen and oxygen atoms in total. The van der Waals surface area contributed by atoms with E-state index in [0.717, 1.165) is 30.7 Å². The first-order valence-electron chi connectivity index (χ1n) is 8.19. The molecule has 2 aromatic heterocycles. The molecule has 0 fully saturated rings. The Morgan fingerprint density at radius 2 is 1.19 bits per heavy atom. The molecule has 0 amide bonds. The van der Waals surface area contributed by atoms with E-state index >= 15 is 0 Å². The Morgan fingerprint density at radius 1 is 0.714 bits per heavy atom. The zero-order valence-electron chi connectivity index (χ0n) is 13.3. The standard InChI is InChI=1S/C19H26N2/c1-3-5-7-16-9-11-18(20-14-16)13-19-12-10-17(15-21-19)8-6-4-2/h9-12,14-15H,3-8,13H2,1-2H3. The zero-order chi connectivity index (χ0) is 14.9. The minimum Gasteiger partial charge on any atom is -0.261 e. The van der Waals surface area contributed by atoms with Crippen LogP contribution in [0.2, 0.25) is 0 Å². The largest absolute Gasteiger partial charge is 0.261 e. The molecule has 2 heteroatoms. The molecule has 0 unspecified atom stereocenters. The lowest BCUT2D eigenvalue weighted by Crippen LogP contribution is -1.97. The normalized spacial score (nSPS) is 10.8. The fourth-order valence-electron chi connectivity index (χ4n) is 2.36. The van der Waals surface area contributed by atoms with Gasteiger partial charge in [-0.05, 0) is 48.9 Å². The lowest BCUT2D eigenvalue weighted by Gasteiger charge is -2.04. The van der Waals surface area contributed by atoms with Gasteiger partial charge in [-0.25, -0.2) is 0 Å². The third kappa shape index (κ3) is 5.30. The van der Waals surface area contributed by atoms with E-state index in [2.05, 4.69) is 48.1 Å². The Morgan fingerprint density at radius 3 is 1.52 bits per heavy atom. The second kappa shape index (κ2) is 8.56. The molecule has 0 atom stereocenters. The van der Waals surface area contributed by atoms with Gasteiger partial charge in [-0.15, -0.1) is 0 Å². The second-order valence-corrected chi connectivity index (χ2v) is 5.70. The molecule has 112 valence electrons. The summed E-state index contributed by atoms with van der Waals surface area (Å²) in [5.74, 6) is 0. The number of unbranched alkanes of at least 4 members (excludes halogenated alkanes) is 2. The lowest BCUT2D eigenvalue weighted by atomic mass is 10.1. The summed E-state index contributed by atoms with van der Waals surface area (Å²) in [6.45, 7) is 4.44. The Hall–Kier alpha value is -1.70. The smallest absolute Gasteiger partial charge is 0.0463 e. The highest BCUT2D eigenvalue weighted by atomic mass is 14.7. The molecule has 0 aromatic carbocycles. The molecule has 0 aliphatic heterocycles. The molecule has 0 aliphatic rings. The molecule has 0 saturated carbocycles. The molecule has 0 aliphatic carbocycles. The fourth-order valence-corrected chi connectivity index (χ4v) is 2.36. The quantitative estimate of drug-likeness (QED) is 0.698. The van der Waals surface area contributed by atoms with Gasteiger partial charge in [0.05, 0.1) is 0 Å². The Kier molecular flexibility index (Phi) is 6.39. The van der Waals surface area contributed by atoms with Crippen molar-refractivity contribution in [2.75, 3.05) is 0 Å². The summed E-state index contributed by atoms with van der Waals surface area (Å²) in [6.07, 6.45) is 12.1. The Balaban J connectivity index is 1.91. The average Bonchev–Trinajstić information content (AvgIpc) is 2.53. The van der Waals surface area contributed by atoms with Crippen LogP contribution in [-0.4, -0.2) is 9.97 Å². The highest BCUT2D eigenvalue weighted by Gasteiger charge is 2.01. The van der Waals surface area contributed by atoms with E-state index in [1.165, 1.54) is 36.8 Å². The van der Waals surface area contributed by atoms with Gasteiger partial charge in [0.25, 0.3) is 0 Å². The molecule has 0 spiro atoms. The molecule has 21 heavy (non-hydrogen) atoms. The van der Waals surface area contributed by atoms with E-state index in [9.17, 15) is 0 Å². The number of aryl methyl sites for hydroxylation is 2. The van der Waals surface area contributed by atoms with Gasteiger partial charge >= 0.3 is 0 Å². The van der Waals surface area contributed by atoms with Crippen LogP contribution < -0.4 is 0 Å². The van der Waals surface area contributed by atoms with E-state index in [1.807, 2.05) is 12.4 Å². The van der Waals surface area contributed by atoms with Gasteiger partial charge in [0.2, 0.25) is 0 Å². The molecular formula is C19H26N2. The van der Waals surface area contributed by atoms with Crippen molar-refractivity contribution in [1.29, 1.82) is 0 Å². The summed E-state index contributed by atoms with van der Waals surface area (Å²) in [5.41, 5.74) is 4.88. The van der Waals surface area contributed by atoms with Gasteiger partial charge in [0, 0.05) is 30.2 Å². The maximum atomic E-state index is 4.56. The topological polar surface area (TPSA) is 25.8 Å². The van der Waals surface area contributed by atoms with Crippen LogP contribution in [0.3, 0.4) is 0 Å². The van der Waals surface area contributed by atoms with Gasteiger partial charge in [0.1, 0.15) is 0 Å². The highest BCUT2D eigenvalue weighted by molar-refractivity contribution is 5.21. The number of hydrogen-bond donors (Lipinski definition) is 0. The lowest BCUT2D eigenvalue weighted by molar-refractivity contribution is 0.788. The number of aromatic nitrogens is 2. The maximum absolute atomic E-state index is 4.56. The predicted octanol–water partition coefficient (Wildman–Crippen LogP) is 4.75. The van der Waals surface area contributed by atoms with Crippen LogP contribution in [0.4, 0.5) is 0 Å².